The van der Waals surface area contributed by atoms with Gasteiger partial charge in [0.25, 0.3) is 0 Å². The van der Waals surface area contributed by atoms with E-state index in [2.05, 4.69) is 134 Å². The van der Waals surface area contributed by atoms with E-state index in [1.807, 2.05) is 0 Å². The summed E-state index contributed by atoms with van der Waals surface area (Å²) in [4.78, 5) is 0. The molecule has 5 aliphatic rings. The molecule has 4 aromatic rings. The minimum Gasteiger partial charge on any atom is -0.399 e. The smallest absolute Gasteiger partial charge is 0.399 e. The summed E-state index contributed by atoms with van der Waals surface area (Å²) in [5.74, 6) is 2.85. The van der Waals surface area contributed by atoms with Crippen molar-refractivity contribution in [1.29, 1.82) is 0 Å². The van der Waals surface area contributed by atoms with Crippen molar-refractivity contribution in [1.82, 2.24) is 0 Å². The van der Waals surface area contributed by atoms with E-state index < -0.39 is 0 Å². The summed E-state index contributed by atoms with van der Waals surface area (Å²) in [6.45, 7) is 18.5. The highest BCUT2D eigenvalue weighted by molar-refractivity contribution is 6.62. The van der Waals surface area contributed by atoms with Crippen LogP contribution in [-0.4, -0.2) is 18.3 Å². The van der Waals surface area contributed by atoms with Crippen LogP contribution in [0.15, 0.2) is 78.9 Å². The first-order valence-electron chi connectivity index (χ1n) is 18.8. The second kappa shape index (κ2) is 10.2. The molecular weight excluding hydrogens is 583 g/mol. The van der Waals surface area contributed by atoms with E-state index in [0.29, 0.717) is 11.8 Å². The van der Waals surface area contributed by atoms with Crippen molar-refractivity contribution in [2.45, 2.75) is 110 Å². The van der Waals surface area contributed by atoms with E-state index in [1.54, 1.807) is 5.56 Å². The molecule has 2 bridgehead atoms. The lowest BCUT2D eigenvalue weighted by Gasteiger charge is -2.55. The van der Waals surface area contributed by atoms with Crippen LogP contribution in [-0.2, 0) is 20.1 Å². The summed E-state index contributed by atoms with van der Waals surface area (Å²) >= 11 is 0. The summed E-state index contributed by atoms with van der Waals surface area (Å²) in [6.07, 6.45) is 6.67. The van der Waals surface area contributed by atoms with E-state index >= 15 is 0 Å². The molecule has 5 atom stereocenters. The third-order valence-electron chi connectivity index (χ3n) is 14.2. The third-order valence-corrected chi connectivity index (χ3v) is 14.2. The third kappa shape index (κ3) is 4.01. The van der Waals surface area contributed by atoms with Gasteiger partial charge in [-0.3, -0.25) is 0 Å². The lowest BCUT2D eigenvalue weighted by atomic mass is 9.49. The fourth-order valence-electron chi connectivity index (χ4n) is 11.3. The molecular formula is C45H51BO2. The number of hydrogen-bond donors (Lipinski definition) is 0. The lowest BCUT2D eigenvalue weighted by Crippen LogP contribution is -2.50. The zero-order chi connectivity index (χ0) is 33.4. The maximum atomic E-state index is 6.65. The van der Waals surface area contributed by atoms with E-state index in [-0.39, 0.29) is 29.2 Å². The normalized spacial score (nSPS) is 29.8. The van der Waals surface area contributed by atoms with Crippen molar-refractivity contribution >= 4 is 12.6 Å². The van der Waals surface area contributed by atoms with Gasteiger partial charge in [-0.15, -0.1) is 0 Å². The summed E-state index contributed by atoms with van der Waals surface area (Å²) in [5, 5.41) is 0. The van der Waals surface area contributed by atoms with Crippen molar-refractivity contribution in [3.05, 3.63) is 101 Å². The molecule has 1 saturated heterocycles. The molecule has 1 heterocycles. The Balaban J connectivity index is 1.24. The first kappa shape index (κ1) is 30.9. The quantitative estimate of drug-likeness (QED) is 0.209. The Hall–Kier alpha value is -3.14. The molecule has 0 amide bonds. The van der Waals surface area contributed by atoms with Gasteiger partial charge in [-0.25, -0.2) is 0 Å². The van der Waals surface area contributed by atoms with Crippen molar-refractivity contribution < 1.29 is 9.31 Å². The average molecular weight is 635 g/mol. The Morgan fingerprint density at radius 1 is 0.646 bits per heavy atom. The van der Waals surface area contributed by atoms with Crippen molar-refractivity contribution in [2.24, 2.45) is 23.7 Å². The Morgan fingerprint density at radius 3 is 2.04 bits per heavy atom. The molecule has 0 N–H and O–H groups in total. The summed E-state index contributed by atoms with van der Waals surface area (Å²) in [5.41, 5.74) is 14.8. The lowest BCUT2D eigenvalue weighted by molar-refractivity contribution is 0.00578. The van der Waals surface area contributed by atoms with Crippen LogP contribution in [0.2, 0.25) is 0 Å². The van der Waals surface area contributed by atoms with Crippen LogP contribution < -0.4 is 5.46 Å². The van der Waals surface area contributed by atoms with Gasteiger partial charge >= 0.3 is 7.12 Å². The maximum Gasteiger partial charge on any atom is 0.494 e. The second-order valence-corrected chi connectivity index (χ2v) is 17.6. The molecule has 1 aliphatic heterocycles. The Bertz CT molecular complexity index is 1950. The molecule has 48 heavy (non-hydrogen) atoms. The topological polar surface area (TPSA) is 18.5 Å². The minimum atomic E-state index is -0.362. The van der Waals surface area contributed by atoms with Crippen LogP contribution in [0.4, 0.5) is 0 Å². The van der Waals surface area contributed by atoms with Gasteiger partial charge in [0.05, 0.1) is 11.2 Å². The summed E-state index contributed by atoms with van der Waals surface area (Å²) < 4.78 is 13.3. The van der Waals surface area contributed by atoms with Gasteiger partial charge in [-0.1, -0.05) is 107 Å². The molecule has 3 fully saturated rings. The molecule has 4 aromatic carbocycles. The number of hydrogen-bond acceptors (Lipinski definition) is 2. The predicted molar refractivity (Wildman–Crippen MR) is 200 cm³/mol. The van der Waals surface area contributed by atoms with Gasteiger partial charge in [0.2, 0.25) is 0 Å². The van der Waals surface area contributed by atoms with Gasteiger partial charge in [-0.05, 0) is 144 Å². The van der Waals surface area contributed by atoms with Crippen LogP contribution in [0.5, 0.6) is 0 Å². The molecule has 2 nitrogen and oxygen atoms in total. The molecule has 246 valence electrons. The van der Waals surface area contributed by atoms with Crippen LogP contribution in [0, 0.1) is 23.7 Å². The average Bonchev–Trinajstić information content (AvgIpc) is 3.58. The monoisotopic (exact) mass is 634 g/mol. The molecule has 2 saturated carbocycles. The maximum absolute atomic E-state index is 6.65. The molecule has 5 unspecified atom stereocenters. The molecule has 3 heteroatoms. The fourth-order valence-corrected chi connectivity index (χ4v) is 11.3. The van der Waals surface area contributed by atoms with Crippen LogP contribution in [0.25, 0.3) is 33.4 Å². The van der Waals surface area contributed by atoms with Gasteiger partial charge in [-0.2, -0.15) is 0 Å². The first-order chi connectivity index (χ1) is 22.9. The Kier molecular flexibility index (Phi) is 6.57. The predicted octanol–water partition coefficient (Wildman–Crippen LogP) is 10.7. The zero-order valence-electron chi connectivity index (χ0n) is 30.2. The first-order valence-corrected chi connectivity index (χ1v) is 18.8. The van der Waals surface area contributed by atoms with Crippen molar-refractivity contribution in [3.63, 3.8) is 0 Å². The van der Waals surface area contributed by atoms with Gasteiger partial charge in [0, 0.05) is 10.8 Å². The largest absolute Gasteiger partial charge is 0.494 e. The Morgan fingerprint density at radius 2 is 1.29 bits per heavy atom. The van der Waals surface area contributed by atoms with Gasteiger partial charge in [0.1, 0.15) is 0 Å². The van der Waals surface area contributed by atoms with Gasteiger partial charge in [0.15, 0.2) is 0 Å². The molecule has 9 rings (SSSR count). The fraction of sp³-hybridized carbons (Fsp3) is 0.467. The van der Waals surface area contributed by atoms with E-state index in [4.69, 9.17) is 9.31 Å². The van der Waals surface area contributed by atoms with Crippen LogP contribution >= 0.6 is 0 Å². The SMILES string of the molecule is CCC1CC2CC(C)C3(c4cc(B5OC(C)(C)C(C)(C)O5)ccc4-c4ccc(-c5cccc6c5C(C)(C)c5ccccc5-6)cc43)C(C1)C2. The van der Waals surface area contributed by atoms with E-state index in [9.17, 15) is 0 Å². The van der Waals surface area contributed by atoms with Crippen LogP contribution in [0.1, 0.15) is 110 Å². The van der Waals surface area contributed by atoms with E-state index in [1.165, 1.54) is 82.2 Å². The highest BCUT2D eigenvalue weighted by Crippen LogP contribution is 2.65. The van der Waals surface area contributed by atoms with Crippen LogP contribution in [0.3, 0.4) is 0 Å². The number of rotatable bonds is 3. The number of benzene rings is 4. The van der Waals surface area contributed by atoms with Crippen molar-refractivity contribution in [2.75, 3.05) is 0 Å². The summed E-state index contributed by atoms with van der Waals surface area (Å²) in [7, 11) is -0.353. The second-order valence-electron chi connectivity index (χ2n) is 17.6. The highest BCUT2D eigenvalue weighted by Gasteiger charge is 2.58. The molecule has 0 radical (unpaired) electrons. The molecule has 1 spiro atoms. The zero-order valence-corrected chi connectivity index (χ0v) is 30.2. The minimum absolute atomic E-state index is 0.0128. The number of fused-ring (bicyclic) bond motifs is 11. The Labute approximate surface area is 288 Å². The summed E-state index contributed by atoms with van der Waals surface area (Å²) in [6, 6.07) is 30.8. The van der Waals surface area contributed by atoms with Gasteiger partial charge < -0.3 is 9.31 Å². The molecule has 4 aliphatic carbocycles. The van der Waals surface area contributed by atoms with E-state index in [0.717, 1.165) is 17.3 Å². The standard InChI is InChI=1S/C45H51BO2/c1-9-28-22-29-21-27(2)45(31(23-28)24-29)39-25-30(33-14-12-15-37-34-13-10-11-16-38(34)42(3,4)41(33)37)17-19-35(39)36-20-18-32(26-40(36)45)46-47-43(5,6)44(7,8)48-46/h10-20,25-29,31H,9,21-24H2,1-8H3. The molecule has 0 aromatic heterocycles. The van der Waals surface area contributed by atoms with Crippen molar-refractivity contribution in [3.8, 4) is 33.4 Å². The highest BCUT2D eigenvalue weighted by atomic mass is 16.7.